The van der Waals surface area contributed by atoms with Gasteiger partial charge in [-0.05, 0) is 29.2 Å². The van der Waals surface area contributed by atoms with E-state index in [4.69, 9.17) is 9.52 Å². The number of fused-ring (bicyclic) bond motifs is 1. The van der Waals surface area contributed by atoms with E-state index in [0.717, 1.165) is 5.56 Å². The highest BCUT2D eigenvalue weighted by Crippen LogP contribution is 2.23. The van der Waals surface area contributed by atoms with Crippen molar-refractivity contribution in [1.29, 1.82) is 0 Å². The molecule has 0 aliphatic heterocycles. The van der Waals surface area contributed by atoms with Crippen LogP contribution >= 0.6 is 0 Å². The number of amides is 3. The molecule has 2 aromatic carbocycles. The number of hydrogen-bond acceptors (Lipinski definition) is 8. The van der Waals surface area contributed by atoms with Gasteiger partial charge in [-0.25, -0.2) is 4.39 Å². The molecule has 1 atom stereocenters. The number of halogens is 1. The van der Waals surface area contributed by atoms with Gasteiger partial charge in [-0.2, -0.15) is 5.10 Å². The lowest BCUT2D eigenvalue weighted by Crippen LogP contribution is -2.53. The fourth-order valence-electron chi connectivity index (χ4n) is 3.98. The Balaban J connectivity index is 1.49. The number of benzene rings is 2. The second-order valence-corrected chi connectivity index (χ2v) is 10.1. The Morgan fingerprint density at radius 1 is 1.02 bits per heavy atom. The molecule has 40 heavy (non-hydrogen) atoms. The normalized spacial score (nSPS) is 12.2. The van der Waals surface area contributed by atoms with Crippen LogP contribution < -0.4 is 16.0 Å². The van der Waals surface area contributed by atoms with Gasteiger partial charge in [-0.3, -0.25) is 19.1 Å². The van der Waals surface area contributed by atoms with E-state index >= 15 is 0 Å². The molecule has 0 aliphatic rings. The largest absolute Gasteiger partial charge is 0.415 e. The van der Waals surface area contributed by atoms with Crippen LogP contribution in [0.1, 0.15) is 53.4 Å². The molecule has 0 saturated heterocycles. The van der Waals surface area contributed by atoms with E-state index in [0.29, 0.717) is 17.4 Å². The fourth-order valence-corrected chi connectivity index (χ4v) is 3.98. The standard InChI is InChI=1S/C27H30FN7O5/c1-27(2,3)22(24(38)30-14-20-32-33-26(40-20)25(39)29-12-13-36)31-23(37)21-18-6-4-5-7-19(18)35(34-21)15-16-8-10-17(28)11-9-16/h4-11,22,36H,12-15H2,1-3H3,(H,29,39)(H,30,38)(H,31,37)/t22-/m1/s1. The van der Waals surface area contributed by atoms with Crippen molar-refractivity contribution in [3.63, 3.8) is 0 Å². The predicted molar refractivity (Wildman–Crippen MR) is 142 cm³/mol. The number of carbonyl (C=O) groups is 3. The highest BCUT2D eigenvalue weighted by atomic mass is 19.1. The van der Waals surface area contributed by atoms with Crippen LogP contribution in [0.4, 0.5) is 4.39 Å². The zero-order valence-electron chi connectivity index (χ0n) is 22.3. The summed E-state index contributed by atoms with van der Waals surface area (Å²) in [6, 6.07) is 12.3. The number of aliphatic hydroxyl groups is 1. The fraction of sp³-hybridized carbons (Fsp3) is 0.333. The van der Waals surface area contributed by atoms with Crippen LogP contribution in [0, 0.1) is 11.2 Å². The molecule has 2 heterocycles. The SMILES string of the molecule is CC(C)(C)[C@H](NC(=O)c1nn(Cc2ccc(F)cc2)c2ccccc12)C(=O)NCc1nnc(C(=O)NCCO)o1. The van der Waals surface area contributed by atoms with Crippen molar-refractivity contribution >= 4 is 28.6 Å². The lowest BCUT2D eigenvalue weighted by atomic mass is 9.86. The molecule has 2 aromatic heterocycles. The average Bonchev–Trinajstić information content (AvgIpc) is 3.55. The predicted octanol–water partition coefficient (Wildman–Crippen LogP) is 1.79. The molecule has 210 valence electrons. The summed E-state index contributed by atoms with van der Waals surface area (Å²) in [5.41, 5.74) is 0.985. The molecule has 0 bridgehead atoms. The minimum absolute atomic E-state index is 0.00739. The molecule has 13 heteroatoms. The lowest BCUT2D eigenvalue weighted by molar-refractivity contribution is -0.125. The highest BCUT2D eigenvalue weighted by Gasteiger charge is 2.34. The van der Waals surface area contributed by atoms with Gasteiger partial charge in [0.25, 0.3) is 5.91 Å². The Hall–Kier alpha value is -4.65. The van der Waals surface area contributed by atoms with Gasteiger partial charge in [-0.1, -0.05) is 51.1 Å². The second kappa shape index (κ2) is 12.0. The Labute approximate surface area is 229 Å². The van der Waals surface area contributed by atoms with Crippen molar-refractivity contribution < 1.29 is 28.3 Å². The molecule has 4 rings (SSSR count). The molecular weight excluding hydrogens is 521 g/mol. The molecule has 3 amide bonds. The number of carbonyl (C=O) groups excluding carboxylic acids is 3. The topological polar surface area (TPSA) is 164 Å². The second-order valence-electron chi connectivity index (χ2n) is 10.1. The van der Waals surface area contributed by atoms with Crippen LogP contribution in [0.15, 0.2) is 52.9 Å². The molecule has 0 spiro atoms. The van der Waals surface area contributed by atoms with E-state index in [2.05, 4.69) is 31.2 Å². The number of aliphatic hydroxyl groups excluding tert-OH is 1. The van der Waals surface area contributed by atoms with E-state index < -0.39 is 29.2 Å². The Morgan fingerprint density at radius 3 is 2.45 bits per heavy atom. The maximum Gasteiger partial charge on any atom is 0.308 e. The zero-order valence-corrected chi connectivity index (χ0v) is 22.3. The molecule has 4 N–H and O–H groups in total. The van der Waals surface area contributed by atoms with E-state index in [1.54, 1.807) is 49.7 Å². The molecular formula is C27H30FN7O5. The monoisotopic (exact) mass is 551 g/mol. The molecule has 0 fully saturated rings. The number of nitrogens with zero attached hydrogens (tertiary/aromatic N) is 4. The number of aromatic nitrogens is 4. The smallest absolute Gasteiger partial charge is 0.308 e. The summed E-state index contributed by atoms with van der Waals surface area (Å²) in [7, 11) is 0. The van der Waals surface area contributed by atoms with Gasteiger partial charge in [0, 0.05) is 11.9 Å². The number of para-hydroxylation sites is 1. The minimum atomic E-state index is -0.962. The first-order chi connectivity index (χ1) is 19.1. The molecule has 0 aliphatic carbocycles. The number of nitrogens with one attached hydrogen (secondary N) is 3. The van der Waals surface area contributed by atoms with Crippen molar-refractivity contribution in [2.24, 2.45) is 5.41 Å². The van der Waals surface area contributed by atoms with Crippen LogP contribution in [0.5, 0.6) is 0 Å². The Morgan fingerprint density at radius 2 is 1.75 bits per heavy atom. The molecule has 4 aromatic rings. The third kappa shape index (κ3) is 6.67. The van der Waals surface area contributed by atoms with Crippen LogP contribution in [-0.2, 0) is 17.9 Å². The molecule has 12 nitrogen and oxygen atoms in total. The van der Waals surface area contributed by atoms with Gasteiger partial charge < -0.3 is 25.5 Å². The van der Waals surface area contributed by atoms with Gasteiger partial charge in [0.05, 0.1) is 25.2 Å². The van der Waals surface area contributed by atoms with Crippen LogP contribution in [0.3, 0.4) is 0 Å². The maximum atomic E-state index is 13.4. The summed E-state index contributed by atoms with van der Waals surface area (Å²) in [6.07, 6.45) is 0. The quantitative estimate of drug-likeness (QED) is 0.232. The number of rotatable bonds is 10. The van der Waals surface area contributed by atoms with Gasteiger partial charge in [-0.15, -0.1) is 10.2 Å². The Bertz CT molecular complexity index is 1510. The van der Waals surface area contributed by atoms with Crippen molar-refractivity contribution in [3.05, 3.63) is 77.4 Å². The van der Waals surface area contributed by atoms with Gasteiger partial charge in [0.15, 0.2) is 5.69 Å². The summed E-state index contributed by atoms with van der Waals surface area (Å²) < 4.78 is 20.3. The van der Waals surface area contributed by atoms with Gasteiger partial charge in [0.2, 0.25) is 11.8 Å². The summed E-state index contributed by atoms with van der Waals surface area (Å²) in [5, 5.41) is 29.2. The molecule has 0 unspecified atom stereocenters. The first-order valence-corrected chi connectivity index (χ1v) is 12.6. The zero-order chi connectivity index (χ0) is 28.9. The number of hydrogen-bond donors (Lipinski definition) is 4. The lowest BCUT2D eigenvalue weighted by Gasteiger charge is -2.30. The van der Waals surface area contributed by atoms with Crippen molar-refractivity contribution in [2.45, 2.75) is 39.9 Å². The van der Waals surface area contributed by atoms with Crippen LogP contribution in [-0.4, -0.2) is 62.0 Å². The van der Waals surface area contributed by atoms with Crippen molar-refractivity contribution in [3.8, 4) is 0 Å². The molecule has 0 saturated carbocycles. The van der Waals surface area contributed by atoms with Crippen LogP contribution in [0.25, 0.3) is 10.9 Å². The first-order valence-electron chi connectivity index (χ1n) is 12.6. The molecule has 0 radical (unpaired) electrons. The van der Waals surface area contributed by atoms with Crippen molar-refractivity contribution in [2.75, 3.05) is 13.2 Å². The Kier molecular flexibility index (Phi) is 8.53. The minimum Gasteiger partial charge on any atom is -0.415 e. The maximum absolute atomic E-state index is 13.4. The van der Waals surface area contributed by atoms with E-state index in [1.807, 2.05) is 12.1 Å². The van der Waals surface area contributed by atoms with Crippen LogP contribution in [0.2, 0.25) is 0 Å². The average molecular weight is 552 g/mol. The summed E-state index contributed by atoms with van der Waals surface area (Å²) in [6.45, 7) is 5.35. The van der Waals surface area contributed by atoms with Gasteiger partial charge >= 0.3 is 11.8 Å². The summed E-state index contributed by atoms with van der Waals surface area (Å²) in [4.78, 5) is 38.5. The van der Waals surface area contributed by atoms with E-state index in [9.17, 15) is 18.8 Å². The summed E-state index contributed by atoms with van der Waals surface area (Å²) >= 11 is 0. The van der Waals surface area contributed by atoms with E-state index in [-0.39, 0.29) is 43.0 Å². The highest BCUT2D eigenvalue weighted by molar-refractivity contribution is 6.06. The third-order valence-corrected chi connectivity index (χ3v) is 5.99. The van der Waals surface area contributed by atoms with Gasteiger partial charge in [0.1, 0.15) is 11.9 Å². The van der Waals surface area contributed by atoms with E-state index in [1.165, 1.54) is 12.1 Å². The third-order valence-electron chi connectivity index (χ3n) is 5.99. The first kappa shape index (κ1) is 28.4. The van der Waals surface area contributed by atoms with Crippen molar-refractivity contribution in [1.82, 2.24) is 35.9 Å². The summed E-state index contributed by atoms with van der Waals surface area (Å²) in [5.74, 6) is -2.34.